The number of ether oxygens (including phenoxy) is 1. The Bertz CT molecular complexity index is 291. The van der Waals surface area contributed by atoms with Crippen molar-refractivity contribution in [3.05, 3.63) is 11.8 Å². The molecule has 4 nitrogen and oxygen atoms in total. The van der Waals surface area contributed by atoms with E-state index in [0.29, 0.717) is 17.9 Å². The molecule has 0 aromatic heterocycles. The lowest BCUT2D eigenvalue weighted by atomic mass is 9.85. The third-order valence-electron chi connectivity index (χ3n) is 2.92. The molecule has 4 heteroatoms. The summed E-state index contributed by atoms with van der Waals surface area (Å²) in [5.74, 6) is -0.419. The topological polar surface area (TPSA) is 69.4 Å². The Balaban J connectivity index is 2.52. The highest BCUT2D eigenvalue weighted by Gasteiger charge is 2.17. The number of carbonyl (C=O) groups excluding carboxylic acids is 2. The monoisotopic (exact) mass is 225 g/mol. The zero-order valence-corrected chi connectivity index (χ0v) is 9.70. The minimum Gasteiger partial charge on any atom is -0.434 e. The third kappa shape index (κ3) is 4.47. The van der Waals surface area contributed by atoms with E-state index in [1.807, 2.05) is 0 Å². The number of hydrogen-bond donors (Lipinski definition) is 1. The summed E-state index contributed by atoms with van der Waals surface area (Å²) in [6.07, 6.45) is 7.79. The second-order valence-electron chi connectivity index (χ2n) is 4.32. The molecule has 0 aromatic carbocycles. The van der Waals surface area contributed by atoms with Crippen LogP contribution in [0.5, 0.6) is 0 Å². The van der Waals surface area contributed by atoms with E-state index in [-0.39, 0.29) is 0 Å². The molecule has 1 rings (SSSR count). The van der Waals surface area contributed by atoms with Gasteiger partial charge in [-0.05, 0) is 12.3 Å². The van der Waals surface area contributed by atoms with Gasteiger partial charge in [-0.3, -0.25) is 9.59 Å². The van der Waals surface area contributed by atoms with Crippen molar-refractivity contribution in [3.8, 4) is 0 Å². The lowest BCUT2D eigenvalue weighted by Crippen LogP contribution is -2.18. The van der Waals surface area contributed by atoms with E-state index in [1.54, 1.807) is 0 Å². The molecule has 2 N–H and O–H groups in total. The molecule has 90 valence electrons. The molecule has 1 saturated carbocycles. The summed E-state index contributed by atoms with van der Waals surface area (Å²) in [7, 11) is 0. The summed E-state index contributed by atoms with van der Waals surface area (Å²) in [6.45, 7) is 1.30. The van der Waals surface area contributed by atoms with Crippen LogP contribution in [0.1, 0.15) is 45.4 Å². The predicted octanol–water partition coefficient (Wildman–Crippen LogP) is 1.89. The van der Waals surface area contributed by atoms with Gasteiger partial charge in [-0.25, -0.2) is 0 Å². The van der Waals surface area contributed by atoms with Crippen molar-refractivity contribution >= 4 is 11.9 Å². The maximum atomic E-state index is 11.1. The summed E-state index contributed by atoms with van der Waals surface area (Å²) >= 11 is 0. The van der Waals surface area contributed by atoms with E-state index < -0.39 is 11.9 Å². The molecule has 0 heterocycles. The second kappa shape index (κ2) is 6.30. The van der Waals surface area contributed by atoms with E-state index in [0.717, 1.165) is 12.8 Å². The number of primary amides is 1. The first kappa shape index (κ1) is 12.7. The molecule has 0 bridgehead atoms. The smallest absolute Gasteiger partial charge is 0.307 e. The SMILES string of the molecule is CC(=O)O/C=C(/CC1CCCCC1)C(N)=O. The van der Waals surface area contributed by atoms with E-state index in [2.05, 4.69) is 0 Å². The summed E-state index contributed by atoms with van der Waals surface area (Å²) in [5.41, 5.74) is 5.66. The van der Waals surface area contributed by atoms with Gasteiger partial charge in [0.15, 0.2) is 0 Å². The summed E-state index contributed by atoms with van der Waals surface area (Å²) in [5, 5.41) is 0. The van der Waals surface area contributed by atoms with Gasteiger partial charge < -0.3 is 10.5 Å². The van der Waals surface area contributed by atoms with Gasteiger partial charge in [0.05, 0.1) is 5.57 Å². The number of carbonyl (C=O) groups is 2. The Labute approximate surface area is 95.8 Å². The van der Waals surface area contributed by atoms with E-state index in [4.69, 9.17) is 10.5 Å². The van der Waals surface area contributed by atoms with E-state index in [9.17, 15) is 9.59 Å². The molecule has 1 amide bonds. The molecular weight excluding hydrogens is 206 g/mol. The Morgan fingerprint density at radius 3 is 2.44 bits per heavy atom. The zero-order chi connectivity index (χ0) is 12.0. The summed E-state index contributed by atoms with van der Waals surface area (Å²) < 4.78 is 4.71. The quantitative estimate of drug-likeness (QED) is 0.451. The van der Waals surface area contributed by atoms with Crippen LogP contribution in [0.2, 0.25) is 0 Å². The molecule has 0 unspecified atom stereocenters. The zero-order valence-electron chi connectivity index (χ0n) is 9.70. The molecule has 1 aliphatic rings. The molecule has 0 aliphatic heterocycles. The largest absolute Gasteiger partial charge is 0.434 e. The summed E-state index contributed by atoms with van der Waals surface area (Å²) in [4.78, 5) is 21.8. The molecule has 0 atom stereocenters. The van der Waals surface area contributed by atoms with Crippen molar-refractivity contribution in [3.63, 3.8) is 0 Å². The van der Waals surface area contributed by atoms with Gasteiger partial charge in [-0.1, -0.05) is 32.1 Å². The number of rotatable bonds is 4. The van der Waals surface area contributed by atoms with Crippen molar-refractivity contribution in [2.75, 3.05) is 0 Å². The van der Waals surface area contributed by atoms with Crippen LogP contribution in [0, 0.1) is 5.92 Å². The maximum absolute atomic E-state index is 11.1. The van der Waals surface area contributed by atoms with Gasteiger partial charge in [-0.2, -0.15) is 0 Å². The average molecular weight is 225 g/mol. The van der Waals surface area contributed by atoms with Gasteiger partial charge in [0.25, 0.3) is 0 Å². The highest BCUT2D eigenvalue weighted by Crippen LogP contribution is 2.28. The fraction of sp³-hybridized carbons (Fsp3) is 0.667. The van der Waals surface area contributed by atoms with Crippen molar-refractivity contribution in [1.29, 1.82) is 0 Å². The first-order valence-electron chi connectivity index (χ1n) is 5.75. The van der Waals surface area contributed by atoms with E-state index in [1.165, 1.54) is 32.4 Å². The van der Waals surface area contributed by atoms with Crippen LogP contribution in [-0.2, 0) is 14.3 Å². The molecular formula is C12H19NO3. The first-order chi connectivity index (χ1) is 7.59. The lowest BCUT2D eigenvalue weighted by molar-refractivity contribution is -0.135. The third-order valence-corrected chi connectivity index (χ3v) is 2.92. The van der Waals surface area contributed by atoms with Crippen LogP contribution in [-0.4, -0.2) is 11.9 Å². The van der Waals surface area contributed by atoms with Crippen molar-refractivity contribution in [1.82, 2.24) is 0 Å². The molecule has 16 heavy (non-hydrogen) atoms. The normalized spacial score (nSPS) is 18.2. The molecule has 0 saturated heterocycles. The number of amides is 1. The van der Waals surface area contributed by atoms with Crippen LogP contribution in [0.3, 0.4) is 0 Å². The average Bonchev–Trinajstić information content (AvgIpc) is 2.25. The number of nitrogens with two attached hydrogens (primary N) is 1. The summed E-state index contributed by atoms with van der Waals surface area (Å²) in [6, 6.07) is 0. The fourth-order valence-electron chi connectivity index (χ4n) is 2.06. The Morgan fingerprint density at radius 2 is 1.94 bits per heavy atom. The van der Waals surface area contributed by atoms with Gasteiger partial charge in [0.1, 0.15) is 6.26 Å². The Morgan fingerprint density at radius 1 is 1.31 bits per heavy atom. The van der Waals surface area contributed by atoms with Gasteiger partial charge in [0, 0.05) is 6.92 Å². The van der Waals surface area contributed by atoms with Gasteiger partial charge in [-0.15, -0.1) is 0 Å². The van der Waals surface area contributed by atoms with Crippen molar-refractivity contribution < 1.29 is 14.3 Å². The fourth-order valence-corrected chi connectivity index (χ4v) is 2.06. The van der Waals surface area contributed by atoms with E-state index >= 15 is 0 Å². The Hall–Kier alpha value is -1.32. The lowest BCUT2D eigenvalue weighted by Gasteiger charge is -2.21. The second-order valence-corrected chi connectivity index (χ2v) is 4.32. The van der Waals surface area contributed by atoms with Crippen molar-refractivity contribution in [2.45, 2.75) is 45.4 Å². The highest BCUT2D eigenvalue weighted by atomic mass is 16.5. The van der Waals surface area contributed by atoms with Crippen LogP contribution in [0.25, 0.3) is 0 Å². The maximum Gasteiger partial charge on any atom is 0.307 e. The minimum absolute atomic E-state index is 0.419. The predicted molar refractivity (Wildman–Crippen MR) is 60.2 cm³/mol. The molecule has 0 radical (unpaired) electrons. The van der Waals surface area contributed by atoms with Gasteiger partial charge >= 0.3 is 5.97 Å². The minimum atomic E-state index is -0.494. The molecule has 1 aliphatic carbocycles. The van der Waals surface area contributed by atoms with Crippen LogP contribution < -0.4 is 5.73 Å². The number of hydrogen-bond acceptors (Lipinski definition) is 3. The Kier molecular flexibility index (Phi) is 5.02. The van der Waals surface area contributed by atoms with Crippen molar-refractivity contribution in [2.24, 2.45) is 11.7 Å². The molecule has 0 aromatic rings. The van der Waals surface area contributed by atoms with Crippen LogP contribution >= 0.6 is 0 Å². The molecule has 1 fully saturated rings. The highest BCUT2D eigenvalue weighted by molar-refractivity contribution is 5.91. The van der Waals surface area contributed by atoms with Crippen LogP contribution in [0.15, 0.2) is 11.8 Å². The number of esters is 1. The molecule has 0 spiro atoms. The van der Waals surface area contributed by atoms with Gasteiger partial charge in [0.2, 0.25) is 5.91 Å². The first-order valence-corrected chi connectivity index (χ1v) is 5.75. The van der Waals surface area contributed by atoms with Crippen LogP contribution in [0.4, 0.5) is 0 Å². The standard InChI is InChI=1S/C12H19NO3/c1-9(14)16-8-11(12(13)15)7-10-5-3-2-4-6-10/h8,10H,2-7H2,1H3,(H2,13,15)/b11-8-.